The molecule has 0 bridgehead atoms. The molecule has 0 spiro atoms. The Bertz CT molecular complexity index is 840. The first-order chi connectivity index (χ1) is 12.8. The molecule has 0 atom stereocenters. The molecule has 3 aromatic rings. The lowest BCUT2D eigenvalue weighted by molar-refractivity contribution is 0.0581. The van der Waals surface area contributed by atoms with Crippen LogP contribution >= 0.6 is 11.3 Å². The van der Waals surface area contributed by atoms with Crippen LogP contribution in [0.25, 0.3) is 10.6 Å². The summed E-state index contributed by atoms with van der Waals surface area (Å²) in [5, 5.41) is 6.30. The number of piperazine rings is 1. The van der Waals surface area contributed by atoms with Crippen LogP contribution in [-0.4, -0.2) is 52.0 Å². The number of hydrogen-bond acceptors (Lipinski definition) is 5. The second-order valence-corrected chi connectivity index (χ2v) is 7.13. The van der Waals surface area contributed by atoms with E-state index in [1.165, 1.54) is 10.4 Å². The van der Waals surface area contributed by atoms with Gasteiger partial charge in [0.2, 0.25) is 0 Å². The summed E-state index contributed by atoms with van der Waals surface area (Å²) < 4.78 is 0. The van der Waals surface area contributed by atoms with E-state index in [-0.39, 0.29) is 6.09 Å². The minimum Gasteiger partial charge on any atom is -0.304 e. The van der Waals surface area contributed by atoms with Gasteiger partial charge in [-0.05, 0) is 23.1 Å². The van der Waals surface area contributed by atoms with Crippen LogP contribution in [0.15, 0.2) is 60.1 Å². The molecule has 134 valence electrons. The molecule has 6 nitrogen and oxygen atoms in total. The van der Waals surface area contributed by atoms with Gasteiger partial charge >= 0.3 is 6.09 Å². The molecule has 1 fully saturated rings. The van der Waals surface area contributed by atoms with E-state index in [0.717, 1.165) is 30.2 Å². The predicted octanol–water partition coefficient (Wildman–Crippen LogP) is 2.98. The second kappa shape index (κ2) is 7.72. The standard InChI is InChI=1S/C19H20N4O2S/c24-19(25-23-9-8-17(20-23)18-7-4-14-26-18)22-12-10-21(11-13-22)15-16-5-2-1-3-6-16/h1-9,14H,10-13,15H2. The number of carbonyl (C=O) groups excluding carboxylic acids is 1. The monoisotopic (exact) mass is 368 g/mol. The fourth-order valence-electron chi connectivity index (χ4n) is 2.98. The third-order valence-electron chi connectivity index (χ3n) is 4.39. The summed E-state index contributed by atoms with van der Waals surface area (Å²) in [6.45, 7) is 3.90. The Morgan fingerprint density at radius 1 is 1.04 bits per heavy atom. The van der Waals surface area contributed by atoms with Crippen molar-refractivity contribution < 1.29 is 9.63 Å². The van der Waals surface area contributed by atoms with Crippen molar-refractivity contribution in [3.63, 3.8) is 0 Å². The molecule has 0 unspecified atom stereocenters. The molecule has 1 aromatic carbocycles. The molecule has 3 heterocycles. The van der Waals surface area contributed by atoms with Gasteiger partial charge in [-0.1, -0.05) is 41.2 Å². The fraction of sp³-hybridized carbons (Fsp3) is 0.263. The zero-order valence-corrected chi connectivity index (χ0v) is 15.1. The molecule has 4 rings (SSSR count). The highest BCUT2D eigenvalue weighted by Crippen LogP contribution is 2.22. The Kier molecular flexibility index (Phi) is 4.99. The first-order valence-corrected chi connectivity index (χ1v) is 9.49. The van der Waals surface area contributed by atoms with Crippen molar-refractivity contribution in [2.75, 3.05) is 26.2 Å². The van der Waals surface area contributed by atoms with Crippen molar-refractivity contribution in [3.8, 4) is 10.6 Å². The Morgan fingerprint density at radius 2 is 1.85 bits per heavy atom. The third-order valence-corrected chi connectivity index (χ3v) is 5.28. The number of nitrogens with zero attached hydrogens (tertiary/aromatic N) is 4. The number of carbonyl (C=O) groups is 1. The van der Waals surface area contributed by atoms with Gasteiger partial charge in [-0.25, -0.2) is 4.79 Å². The second-order valence-electron chi connectivity index (χ2n) is 6.19. The summed E-state index contributed by atoms with van der Waals surface area (Å²) >= 11 is 1.60. The molecule has 2 aromatic heterocycles. The zero-order valence-electron chi connectivity index (χ0n) is 14.3. The molecule has 0 N–H and O–H groups in total. The van der Waals surface area contributed by atoms with Crippen LogP contribution in [-0.2, 0) is 6.54 Å². The summed E-state index contributed by atoms with van der Waals surface area (Å²) in [6, 6.07) is 16.2. The molecule has 7 heteroatoms. The van der Waals surface area contributed by atoms with Crippen LogP contribution in [0, 0.1) is 0 Å². The van der Waals surface area contributed by atoms with Gasteiger partial charge in [0.1, 0.15) is 5.69 Å². The lowest BCUT2D eigenvalue weighted by atomic mass is 10.2. The molecule has 1 aliphatic heterocycles. The molecule has 0 aliphatic carbocycles. The third kappa shape index (κ3) is 3.95. The Labute approximate surface area is 156 Å². The van der Waals surface area contributed by atoms with Crippen molar-refractivity contribution >= 4 is 17.4 Å². The van der Waals surface area contributed by atoms with E-state index < -0.39 is 0 Å². The highest BCUT2D eigenvalue weighted by Gasteiger charge is 2.23. The van der Waals surface area contributed by atoms with Gasteiger partial charge in [0.25, 0.3) is 0 Å². The Balaban J connectivity index is 1.28. The summed E-state index contributed by atoms with van der Waals surface area (Å²) in [6.07, 6.45) is 1.31. The summed E-state index contributed by atoms with van der Waals surface area (Å²) in [5.74, 6) is 0. The Morgan fingerprint density at radius 3 is 2.58 bits per heavy atom. The summed E-state index contributed by atoms with van der Waals surface area (Å²) in [4.78, 5) is 24.1. The summed E-state index contributed by atoms with van der Waals surface area (Å²) in [5.41, 5.74) is 2.10. The van der Waals surface area contributed by atoms with Gasteiger partial charge in [0, 0.05) is 32.7 Å². The number of rotatable bonds is 4. The van der Waals surface area contributed by atoms with E-state index in [9.17, 15) is 4.79 Å². The minimum absolute atomic E-state index is 0.356. The summed E-state index contributed by atoms with van der Waals surface area (Å²) in [7, 11) is 0. The van der Waals surface area contributed by atoms with Crippen LogP contribution in [0.2, 0.25) is 0 Å². The lowest BCUT2D eigenvalue weighted by Gasteiger charge is -2.33. The average Bonchev–Trinajstić information content (AvgIpc) is 3.35. The van der Waals surface area contributed by atoms with E-state index in [1.54, 1.807) is 22.4 Å². The average molecular weight is 368 g/mol. The van der Waals surface area contributed by atoms with Crippen LogP contribution in [0.5, 0.6) is 0 Å². The number of hydrogen-bond donors (Lipinski definition) is 0. The van der Waals surface area contributed by atoms with Gasteiger partial charge in [-0.2, -0.15) is 0 Å². The largest absolute Gasteiger partial charge is 0.436 e. The van der Waals surface area contributed by atoms with Crippen molar-refractivity contribution in [2.45, 2.75) is 6.54 Å². The molecule has 26 heavy (non-hydrogen) atoms. The maximum Gasteiger partial charge on any atom is 0.436 e. The van der Waals surface area contributed by atoms with Gasteiger partial charge in [0.15, 0.2) is 0 Å². The van der Waals surface area contributed by atoms with Crippen LogP contribution < -0.4 is 4.84 Å². The predicted molar refractivity (Wildman–Crippen MR) is 101 cm³/mol. The SMILES string of the molecule is O=C(On1ccc(-c2cccs2)n1)N1CCN(Cc2ccccc2)CC1. The quantitative estimate of drug-likeness (QED) is 0.710. The van der Waals surface area contributed by atoms with Gasteiger partial charge in [-0.15, -0.1) is 16.4 Å². The molecule has 1 aliphatic rings. The fourth-order valence-corrected chi connectivity index (χ4v) is 3.67. The van der Waals surface area contributed by atoms with E-state index in [2.05, 4.69) is 34.3 Å². The highest BCUT2D eigenvalue weighted by molar-refractivity contribution is 7.13. The smallest absolute Gasteiger partial charge is 0.304 e. The van der Waals surface area contributed by atoms with E-state index in [0.29, 0.717) is 13.1 Å². The lowest BCUT2D eigenvalue weighted by Crippen LogP contribution is -2.50. The maximum atomic E-state index is 12.4. The van der Waals surface area contributed by atoms with Crippen molar-refractivity contribution in [1.82, 2.24) is 19.7 Å². The molecule has 0 saturated carbocycles. The molecular weight excluding hydrogens is 348 g/mol. The van der Waals surface area contributed by atoms with Crippen molar-refractivity contribution in [2.24, 2.45) is 0 Å². The van der Waals surface area contributed by atoms with Crippen molar-refractivity contribution in [3.05, 3.63) is 65.7 Å². The van der Waals surface area contributed by atoms with Gasteiger partial charge < -0.3 is 4.90 Å². The Hall–Kier alpha value is -2.64. The topological polar surface area (TPSA) is 50.6 Å². The number of aromatic nitrogens is 2. The van der Waals surface area contributed by atoms with E-state index >= 15 is 0 Å². The van der Waals surface area contributed by atoms with Crippen LogP contribution in [0.4, 0.5) is 4.79 Å². The number of benzene rings is 1. The molecule has 1 amide bonds. The number of thiophene rings is 1. The van der Waals surface area contributed by atoms with Crippen molar-refractivity contribution in [1.29, 1.82) is 0 Å². The van der Waals surface area contributed by atoms with E-state index in [1.807, 2.05) is 29.6 Å². The zero-order chi connectivity index (χ0) is 17.8. The van der Waals surface area contributed by atoms with Crippen LogP contribution in [0.1, 0.15) is 5.56 Å². The van der Waals surface area contributed by atoms with Crippen LogP contribution in [0.3, 0.4) is 0 Å². The van der Waals surface area contributed by atoms with Gasteiger partial charge in [0.05, 0.1) is 11.1 Å². The minimum atomic E-state index is -0.356. The normalized spacial score (nSPS) is 15.2. The highest BCUT2D eigenvalue weighted by atomic mass is 32.1. The van der Waals surface area contributed by atoms with E-state index in [4.69, 9.17) is 4.84 Å². The number of amides is 1. The molecular formula is C19H20N4O2S. The first-order valence-electron chi connectivity index (χ1n) is 8.61. The first kappa shape index (κ1) is 16.8. The van der Waals surface area contributed by atoms with Gasteiger partial charge in [-0.3, -0.25) is 9.74 Å². The maximum absolute atomic E-state index is 12.4. The molecule has 0 radical (unpaired) electrons. The molecule has 1 saturated heterocycles.